The number of carbonyl (C=O) groups excluding carboxylic acids is 1. The molecule has 0 aliphatic rings. The maximum absolute atomic E-state index is 14.0. The van der Waals surface area contributed by atoms with Gasteiger partial charge in [0.15, 0.2) is 10.5 Å². The molecule has 0 fully saturated rings. The van der Waals surface area contributed by atoms with E-state index in [2.05, 4.69) is 20.9 Å². The summed E-state index contributed by atoms with van der Waals surface area (Å²) in [6.07, 6.45) is 2.68. The summed E-state index contributed by atoms with van der Waals surface area (Å²) >= 11 is 3.08. The molecule has 94 valence electrons. The van der Waals surface area contributed by atoms with Crippen molar-refractivity contribution in [2.75, 3.05) is 6.61 Å². The Labute approximate surface area is 111 Å². The first kappa shape index (κ1) is 12.8. The van der Waals surface area contributed by atoms with Gasteiger partial charge in [0.1, 0.15) is 0 Å². The van der Waals surface area contributed by atoms with Crippen LogP contribution in [0.25, 0.3) is 0 Å². The molecule has 18 heavy (non-hydrogen) atoms. The van der Waals surface area contributed by atoms with Crippen LogP contribution in [0.1, 0.15) is 22.8 Å². The lowest BCUT2D eigenvalue weighted by atomic mass is 10.1. The lowest BCUT2D eigenvalue weighted by molar-refractivity contribution is 0.103. The third kappa shape index (κ3) is 2.28. The zero-order valence-electron chi connectivity index (χ0n) is 9.44. The Balaban J connectivity index is 2.43. The molecule has 0 aliphatic carbocycles. The molecule has 0 N–H and O–H groups in total. The largest absolute Gasteiger partial charge is 0.476 e. The normalized spacial score (nSPS) is 10.4. The predicted molar refractivity (Wildman–Crippen MR) is 65.2 cm³/mol. The minimum absolute atomic E-state index is 0.101. The van der Waals surface area contributed by atoms with Gasteiger partial charge in [-0.25, -0.2) is 9.37 Å². The summed E-state index contributed by atoms with van der Waals surface area (Å²) in [7, 11) is 0. The molecule has 2 rings (SSSR count). The maximum Gasteiger partial charge on any atom is 0.251 e. The van der Waals surface area contributed by atoms with Crippen LogP contribution in [0.3, 0.4) is 0 Å². The smallest absolute Gasteiger partial charge is 0.251 e. The number of aromatic nitrogens is 1. The summed E-state index contributed by atoms with van der Waals surface area (Å²) in [6.45, 7) is 1.99. The Morgan fingerprint density at radius 2 is 2.28 bits per heavy atom. The van der Waals surface area contributed by atoms with E-state index in [1.54, 1.807) is 6.92 Å². The fourth-order valence-electron chi connectivity index (χ4n) is 1.44. The van der Waals surface area contributed by atoms with Gasteiger partial charge in [-0.3, -0.25) is 4.79 Å². The highest BCUT2D eigenvalue weighted by Crippen LogP contribution is 2.24. The van der Waals surface area contributed by atoms with Crippen LogP contribution in [0.15, 0.2) is 33.7 Å². The number of hydrogen-bond acceptors (Lipinski definition) is 4. The number of ketones is 1. The van der Waals surface area contributed by atoms with E-state index in [0.29, 0.717) is 0 Å². The fraction of sp³-hybridized carbons (Fsp3) is 0.167. The Morgan fingerprint density at radius 3 is 2.89 bits per heavy atom. The van der Waals surface area contributed by atoms with Crippen molar-refractivity contribution in [2.45, 2.75) is 6.92 Å². The van der Waals surface area contributed by atoms with Gasteiger partial charge in [-0.15, -0.1) is 0 Å². The first-order valence-electron chi connectivity index (χ1n) is 5.20. The van der Waals surface area contributed by atoms with E-state index in [1.165, 1.54) is 24.6 Å². The molecule has 0 bridgehead atoms. The van der Waals surface area contributed by atoms with E-state index in [-0.39, 0.29) is 28.3 Å². The highest BCUT2D eigenvalue weighted by atomic mass is 79.9. The van der Waals surface area contributed by atoms with Gasteiger partial charge in [-0.2, -0.15) is 0 Å². The van der Waals surface area contributed by atoms with Crippen LogP contribution in [0.4, 0.5) is 4.39 Å². The van der Waals surface area contributed by atoms with Crippen LogP contribution in [0.5, 0.6) is 5.88 Å². The number of furan rings is 1. The minimum atomic E-state index is -0.766. The lowest BCUT2D eigenvalue weighted by Crippen LogP contribution is -2.07. The molecule has 0 atom stereocenters. The van der Waals surface area contributed by atoms with Gasteiger partial charge in [-0.1, -0.05) is 0 Å². The van der Waals surface area contributed by atoms with Gasteiger partial charge in [0.05, 0.1) is 24.0 Å². The molecule has 0 amide bonds. The average molecular weight is 314 g/mol. The number of ether oxygens (including phenoxy) is 1. The molecule has 0 spiro atoms. The van der Waals surface area contributed by atoms with E-state index >= 15 is 0 Å². The summed E-state index contributed by atoms with van der Waals surface area (Å²) in [5, 5.41) is 0. The maximum atomic E-state index is 14.0. The van der Waals surface area contributed by atoms with E-state index < -0.39 is 11.6 Å². The molecule has 0 radical (unpaired) electrons. The fourth-order valence-corrected chi connectivity index (χ4v) is 1.86. The second kappa shape index (κ2) is 5.30. The summed E-state index contributed by atoms with van der Waals surface area (Å²) in [5.74, 6) is -1.43. The van der Waals surface area contributed by atoms with E-state index in [9.17, 15) is 9.18 Å². The molecule has 6 heteroatoms. The molecule has 0 unspecified atom stereocenters. The number of pyridine rings is 1. The molecule has 0 aromatic carbocycles. The lowest BCUT2D eigenvalue weighted by Gasteiger charge is -2.06. The number of hydrogen-bond donors (Lipinski definition) is 0. The van der Waals surface area contributed by atoms with Crippen molar-refractivity contribution in [3.05, 3.63) is 46.2 Å². The Bertz CT molecular complexity index is 582. The Kier molecular flexibility index (Phi) is 3.76. The van der Waals surface area contributed by atoms with E-state index in [0.717, 1.165) is 0 Å². The SMILES string of the molecule is CCOc1nccc(C(=O)c2ccoc2Br)c1F. The van der Waals surface area contributed by atoms with E-state index in [1.807, 2.05) is 0 Å². The minimum Gasteiger partial charge on any atom is -0.476 e. The summed E-state index contributed by atoms with van der Waals surface area (Å²) in [4.78, 5) is 15.8. The van der Waals surface area contributed by atoms with Crippen molar-refractivity contribution in [3.8, 4) is 5.88 Å². The molecule has 2 aromatic heterocycles. The highest BCUT2D eigenvalue weighted by molar-refractivity contribution is 9.10. The second-order valence-electron chi connectivity index (χ2n) is 3.35. The Hall–Kier alpha value is -1.69. The third-order valence-electron chi connectivity index (χ3n) is 2.25. The molecule has 0 saturated carbocycles. The number of halogens is 2. The van der Waals surface area contributed by atoms with Crippen molar-refractivity contribution >= 4 is 21.7 Å². The number of rotatable bonds is 4. The molecule has 4 nitrogen and oxygen atoms in total. The van der Waals surface area contributed by atoms with Gasteiger partial charge >= 0.3 is 0 Å². The zero-order chi connectivity index (χ0) is 13.1. The molecule has 0 aliphatic heterocycles. The summed E-state index contributed by atoms with van der Waals surface area (Å²) in [6, 6.07) is 2.77. The van der Waals surface area contributed by atoms with Gasteiger partial charge in [0, 0.05) is 6.20 Å². The summed E-state index contributed by atoms with van der Waals surface area (Å²) < 4.78 is 24.2. The van der Waals surface area contributed by atoms with Gasteiger partial charge in [0.2, 0.25) is 5.78 Å². The number of nitrogens with zero attached hydrogens (tertiary/aromatic N) is 1. The zero-order valence-corrected chi connectivity index (χ0v) is 11.0. The van der Waals surface area contributed by atoms with Gasteiger partial charge in [0.25, 0.3) is 5.88 Å². The molecule has 2 heterocycles. The van der Waals surface area contributed by atoms with Crippen LogP contribution in [-0.4, -0.2) is 17.4 Å². The first-order valence-corrected chi connectivity index (χ1v) is 5.99. The van der Waals surface area contributed by atoms with Crippen LogP contribution in [-0.2, 0) is 0 Å². The molecule has 0 saturated heterocycles. The monoisotopic (exact) mass is 313 g/mol. The van der Waals surface area contributed by atoms with Gasteiger partial charge in [-0.05, 0) is 35.0 Å². The van der Waals surface area contributed by atoms with Crippen LogP contribution >= 0.6 is 15.9 Å². The van der Waals surface area contributed by atoms with Crippen molar-refractivity contribution < 1.29 is 18.3 Å². The molecule has 2 aromatic rings. The van der Waals surface area contributed by atoms with Crippen molar-refractivity contribution in [1.82, 2.24) is 4.98 Å². The predicted octanol–water partition coefficient (Wildman–Crippen LogP) is 3.21. The molecular weight excluding hydrogens is 305 g/mol. The van der Waals surface area contributed by atoms with Crippen LogP contribution < -0.4 is 4.74 Å². The third-order valence-corrected chi connectivity index (χ3v) is 2.86. The standard InChI is InChI=1S/C12H9BrFNO3/c1-2-17-12-9(14)7(3-5-15-12)10(16)8-4-6-18-11(8)13/h3-6H,2H2,1H3. The van der Waals surface area contributed by atoms with Crippen molar-refractivity contribution in [2.24, 2.45) is 0 Å². The molecular formula is C12H9BrFNO3. The quantitative estimate of drug-likeness (QED) is 0.813. The second-order valence-corrected chi connectivity index (χ2v) is 4.07. The topological polar surface area (TPSA) is 52.3 Å². The van der Waals surface area contributed by atoms with Gasteiger partial charge < -0.3 is 9.15 Å². The summed E-state index contributed by atoms with van der Waals surface area (Å²) in [5.41, 5.74) is 0.151. The average Bonchev–Trinajstić information content (AvgIpc) is 2.78. The Morgan fingerprint density at radius 1 is 1.50 bits per heavy atom. The number of carbonyl (C=O) groups is 1. The van der Waals surface area contributed by atoms with Crippen molar-refractivity contribution in [1.29, 1.82) is 0 Å². The first-order chi connectivity index (χ1) is 8.65. The van der Waals surface area contributed by atoms with Crippen LogP contribution in [0, 0.1) is 5.82 Å². The van der Waals surface area contributed by atoms with Crippen LogP contribution in [0.2, 0.25) is 0 Å². The van der Waals surface area contributed by atoms with Crippen molar-refractivity contribution in [3.63, 3.8) is 0 Å². The van der Waals surface area contributed by atoms with E-state index in [4.69, 9.17) is 9.15 Å². The highest BCUT2D eigenvalue weighted by Gasteiger charge is 2.21.